The number of halogens is 2. The average Bonchev–Trinajstić information content (AvgIpc) is 2.83. The van der Waals surface area contributed by atoms with Crippen molar-refractivity contribution < 1.29 is 8.78 Å². The molecular weight excluding hydrogens is 422 g/mol. The predicted molar refractivity (Wildman–Crippen MR) is 140 cm³/mol. The highest BCUT2D eigenvalue weighted by atomic mass is 19.3. The second-order valence-electron chi connectivity index (χ2n) is 11.3. The molecule has 2 heteroatoms. The first kappa shape index (κ1) is 25.1. The molecule has 2 unspecified atom stereocenters. The van der Waals surface area contributed by atoms with Crippen molar-refractivity contribution in [2.75, 3.05) is 0 Å². The normalized spacial score (nSPS) is 27.6. The minimum atomic E-state index is -2.80. The highest BCUT2D eigenvalue weighted by Crippen LogP contribution is 2.56. The average molecular weight is 465 g/mol. The van der Waals surface area contributed by atoms with Gasteiger partial charge in [0.1, 0.15) is 0 Å². The third-order valence-corrected chi connectivity index (χ3v) is 8.86. The predicted octanol–water partition coefficient (Wildman–Crippen LogP) is 9.93. The summed E-state index contributed by atoms with van der Waals surface area (Å²) in [6, 6.07) is 16.4. The fourth-order valence-corrected chi connectivity index (χ4v) is 7.07. The maximum Gasteiger partial charge on any atom is 0.270 e. The molecule has 34 heavy (non-hydrogen) atoms. The number of benzene rings is 2. The van der Waals surface area contributed by atoms with Crippen LogP contribution in [0, 0.1) is 17.3 Å². The molecule has 0 amide bonds. The molecule has 0 radical (unpaired) electrons. The SMILES string of the molecule is C=C(c1ccc(C(C)(F)F)cc1CC)C1CCC2(CC1)CC(CCC)CC(c1ccccc1)C2. The molecule has 0 aliphatic heterocycles. The largest absolute Gasteiger partial charge is 0.270 e. The van der Waals surface area contributed by atoms with Gasteiger partial charge in [0, 0.05) is 12.5 Å². The highest BCUT2D eigenvalue weighted by Gasteiger charge is 2.43. The molecule has 2 atom stereocenters. The lowest BCUT2D eigenvalue weighted by molar-refractivity contribution is 0.0174. The van der Waals surface area contributed by atoms with Gasteiger partial charge in [0.2, 0.25) is 0 Å². The number of hydrogen-bond donors (Lipinski definition) is 0. The number of hydrogen-bond acceptors (Lipinski definition) is 0. The first-order chi connectivity index (χ1) is 16.2. The van der Waals surface area contributed by atoms with Crippen molar-refractivity contribution in [1.82, 2.24) is 0 Å². The van der Waals surface area contributed by atoms with Crippen molar-refractivity contribution in [3.05, 3.63) is 77.4 Å². The Kier molecular flexibility index (Phi) is 7.65. The Labute approximate surface area is 205 Å². The summed E-state index contributed by atoms with van der Waals surface area (Å²) >= 11 is 0. The van der Waals surface area contributed by atoms with Crippen molar-refractivity contribution in [3.8, 4) is 0 Å². The van der Waals surface area contributed by atoms with Crippen LogP contribution in [0.5, 0.6) is 0 Å². The van der Waals surface area contributed by atoms with E-state index in [4.69, 9.17) is 0 Å². The van der Waals surface area contributed by atoms with E-state index >= 15 is 0 Å². The van der Waals surface area contributed by atoms with Crippen LogP contribution in [0.1, 0.15) is 107 Å². The van der Waals surface area contributed by atoms with Crippen LogP contribution >= 0.6 is 0 Å². The van der Waals surface area contributed by atoms with E-state index in [0.717, 1.165) is 36.0 Å². The number of allylic oxidation sites excluding steroid dienone is 1. The van der Waals surface area contributed by atoms with Gasteiger partial charge in [-0.25, -0.2) is 8.78 Å². The minimum absolute atomic E-state index is 0.111. The van der Waals surface area contributed by atoms with Crippen LogP contribution in [0.4, 0.5) is 8.78 Å². The monoisotopic (exact) mass is 464 g/mol. The first-order valence-electron chi connectivity index (χ1n) is 13.5. The lowest BCUT2D eigenvalue weighted by atomic mass is 9.56. The molecule has 2 saturated carbocycles. The molecule has 1 spiro atoms. The Morgan fingerprint density at radius 3 is 2.35 bits per heavy atom. The van der Waals surface area contributed by atoms with Crippen molar-refractivity contribution in [2.24, 2.45) is 17.3 Å². The molecule has 2 aliphatic carbocycles. The van der Waals surface area contributed by atoms with Crippen molar-refractivity contribution in [2.45, 2.75) is 96.8 Å². The maximum absolute atomic E-state index is 13.9. The Bertz CT molecular complexity index is 960. The second-order valence-corrected chi connectivity index (χ2v) is 11.3. The van der Waals surface area contributed by atoms with Crippen LogP contribution in [0.25, 0.3) is 5.57 Å². The fourth-order valence-electron chi connectivity index (χ4n) is 7.07. The molecule has 2 aromatic rings. The zero-order valence-corrected chi connectivity index (χ0v) is 21.4. The van der Waals surface area contributed by atoms with E-state index in [-0.39, 0.29) is 5.56 Å². The lowest BCUT2D eigenvalue weighted by Gasteiger charge is -2.49. The topological polar surface area (TPSA) is 0 Å². The van der Waals surface area contributed by atoms with Gasteiger partial charge in [0.25, 0.3) is 5.92 Å². The number of aryl methyl sites for hydroxylation is 1. The quantitative estimate of drug-likeness (QED) is 0.382. The van der Waals surface area contributed by atoms with E-state index < -0.39 is 5.92 Å². The first-order valence-corrected chi connectivity index (χ1v) is 13.5. The fraction of sp³-hybridized carbons (Fsp3) is 0.562. The molecule has 4 rings (SSSR count). The van der Waals surface area contributed by atoms with Gasteiger partial charge < -0.3 is 0 Å². The molecule has 2 aliphatic rings. The summed E-state index contributed by atoms with van der Waals surface area (Å²) in [4.78, 5) is 0. The van der Waals surface area contributed by atoms with E-state index in [1.807, 2.05) is 6.07 Å². The van der Waals surface area contributed by atoms with Crippen LogP contribution in [0.15, 0.2) is 55.1 Å². The summed E-state index contributed by atoms with van der Waals surface area (Å²) in [7, 11) is 0. The van der Waals surface area contributed by atoms with Gasteiger partial charge in [0.05, 0.1) is 0 Å². The Morgan fingerprint density at radius 1 is 1.03 bits per heavy atom. The zero-order chi connectivity index (χ0) is 24.3. The Balaban J connectivity index is 1.49. The van der Waals surface area contributed by atoms with Gasteiger partial charge in [-0.15, -0.1) is 0 Å². The number of rotatable bonds is 7. The minimum Gasteiger partial charge on any atom is -0.202 e. The maximum atomic E-state index is 13.9. The third kappa shape index (κ3) is 5.47. The molecule has 0 aromatic heterocycles. The van der Waals surface area contributed by atoms with E-state index in [1.54, 1.807) is 12.1 Å². The summed E-state index contributed by atoms with van der Waals surface area (Å²) < 4.78 is 27.8. The molecule has 0 bridgehead atoms. The van der Waals surface area contributed by atoms with Gasteiger partial charge in [-0.1, -0.05) is 75.7 Å². The molecule has 0 saturated heterocycles. The smallest absolute Gasteiger partial charge is 0.202 e. The summed E-state index contributed by atoms with van der Waals surface area (Å²) in [6.07, 6.45) is 12.3. The van der Waals surface area contributed by atoms with Gasteiger partial charge >= 0.3 is 0 Å². The molecule has 184 valence electrons. The van der Waals surface area contributed by atoms with Crippen LogP contribution in [0.2, 0.25) is 0 Å². The van der Waals surface area contributed by atoms with Crippen molar-refractivity contribution >= 4 is 5.57 Å². The number of alkyl halides is 2. The summed E-state index contributed by atoms with van der Waals surface area (Å²) in [5.74, 6) is -0.822. The van der Waals surface area contributed by atoms with Gasteiger partial charge in [0.15, 0.2) is 0 Å². The molecular formula is C32H42F2. The molecule has 2 fully saturated rings. The molecule has 0 nitrogen and oxygen atoms in total. The zero-order valence-electron chi connectivity index (χ0n) is 21.4. The van der Waals surface area contributed by atoms with Crippen LogP contribution in [-0.4, -0.2) is 0 Å². The van der Waals surface area contributed by atoms with E-state index in [1.165, 1.54) is 63.4 Å². The van der Waals surface area contributed by atoms with E-state index in [9.17, 15) is 8.78 Å². The van der Waals surface area contributed by atoms with E-state index in [0.29, 0.717) is 17.3 Å². The second kappa shape index (κ2) is 10.3. The summed E-state index contributed by atoms with van der Waals surface area (Å²) in [6.45, 7) is 9.86. The van der Waals surface area contributed by atoms with Crippen molar-refractivity contribution in [1.29, 1.82) is 0 Å². The van der Waals surface area contributed by atoms with Crippen molar-refractivity contribution in [3.63, 3.8) is 0 Å². The van der Waals surface area contributed by atoms with Gasteiger partial charge in [-0.3, -0.25) is 0 Å². The van der Waals surface area contributed by atoms with Gasteiger partial charge in [-0.05, 0) is 103 Å². The van der Waals surface area contributed by atoms with Crippen LogP contribution in [-0.2, 0) is 12.3 Å². The molecule has 2 aromatic carbocycles. The third-order valence-electron chi connectivity index (χ3n) is 8.86. The Morgan fingerprint density at radius 2 is 1.74 bits per heavy atom. The van der Waals surface area contributed by atoms with Crippen LogP contribution in [0.3, 0.4) is 0 Å². The molecule has 0 N–H and O–H groups in total. The van der Waals surface area contributed by atoms with Crippen LogP contribution < -0.4 is 0 Å². The van der Waals surface area contributed by atoms with Gasteiger partial charge in [-0.2, -0.15) is 0 Å². The lowest BCUT2D eigenvalue weighted by Crippen LogP contribution is -2.36. The van der Waals surface area contributed by atoms with E-state index in [2.05, 4.69) is 50.8 Å². The summed E-state index contributed by atoms with van der Waals surface area (Å²) in [5.41, 5.74) is 5.37. The Hall–Kier alpha value is -1.96. The summed E-state index contributed by atoms with van der Waals surface area (Å²) in [5, 5.41) is 0. The highest BCUT2D eigenvalue weighted by molar-refractivity contribution is 5.68. The standard InChI is InChI=1S/C32H42F2/c1-5-10-24-19-28(27-11-8-7-9-12-27)22-32(21-24)17-15-26(16-18-32)23(3)30-14-13-29(31(4,33)34)20-25(30)6-2/h7-9,11-14,20,24,26,28H,3,5-6,10,15-19,21-22H2,1-2,4H3. The molecule has 0 heterocycles.